The van der Waals surface area contributed by atoms with Crippen LogP contribution in [0.2, 0.25) is 0 Å². The second-order valence-corrected chi connectivity index (χ2v) is 6.01. The second-order valence-electron chi connectivity index (χ2n) is 4.90. The summed E-state index contributed by atoms with van der Waals surface area (Å²) in [5.74, 6) is 1.06. The van der Waals surface area contributed by atoms with Crippen molar-refractivity contribution in [1.82, 2.24) is 4.90 Å². The monoisotopic (exact) mass is 285 g/mol. The molecular formula is C14H23NO3S. The first-order chi connectivity index (χ1) is 8.99. The van der Waals surface area contributed by atoms with Crippen LogP contribution in [-0.4, -0.2) is 46.3 Å². The third kappa shape index (κ3) is 6.59. The van der Waals surface area contributed by atoms with E-state index >= 15 is 0 Å². The number of ether oxygens (including phenoxy) is 1. The highest BCUT2D eigenvalue weighted by Gasteiger charge is 2.02. The quantitative estimate of drug-likeness (QED) is 0.580. The molecule has 0 aliphatic heterocycles. The molecule has 108 valence electrons. The fraction of sp³-hybridized carbons (Fsp3) is 0.571. The number of nitrogens with zero attached hydrogens (tertiary/aromatic N) is 1. The highest BCUT2D eigenvalue weighted by molar-refractivity contribution is 7.72. The van der Waals surface area contributed by atoms with E-state index in [1.54, 1.807) is 0 Å². The number of hydrogen-bond acceptors (Lipinski definition) is 4. The molecule has 0 aromatic heterocycles. The molecule has 0 heterocycles. The molecule has 0 bridgehead atoms. The molecule has 0 saturated carbocycles. The summed E-state index contributed by atoms with van der Waals surface area (Å²) >= 11 is 0. The summed E-state index contributed by atoms with van der Waals surface area (Å²) in [6, 6.07) is 5.84. The van der Waals surface area contributed by atoms with E-state index in [9.17, 15) is 8.42 Å². The number of benzene rings is 1. The predicted octanol–water partition coefficient (Wildman–Crippen LogP) is 1.48. The van der Waals surface area contributed by atoms with Crippen molar-refractivity contribution in [2.24, 2.45) is 0 Å². The van der Waals surface area contributed by atoms with Crippen molar-refractivity contribution in [2.45, 2.75) is 19.8 Å². The van der Waals surface area contributed by atoms with Crippen LogP contribution in [0, 0.1) is 6.92 Å². The Hall–Kier alpha value is -1.07. The molecule has 19 heavy (non-hydrogen) atoms. The van der Waals surface area contributed by atoms with Gasteiger partial charge in [0.2, 0.25) is 0 Å². The van der Waals surface area contributed by atoms with Crippen LogP contribution in [0.4, 0.5) is 0 Å². The Bertz CT molecular complexity index is 462. The summed E-state index contributed by atoms with van der Waals surface area (Å²) in [4.78, 5) is 2.13. The van der Waals surface area contributed by atoms with Crippen LogP contribution in [-0.2, 0) is 17.1 Å². The Labute approximate surface area is 117 Å². The third-order valence-electron chi connectivity index (χ3n) is 2.90. The first-order valence-electron chi connectivity index (χ1n) is 6.48. The molecule has 0 spiro atoms. The van der Waals surface area contributed by atoms with E-state index in [1.807, 2.05) is 39.2 Å². The van der Waals surface area contributed by atoms with Gasteiger partial charge in [-0.2, -0.15) is 0 Å². The highest BCUT2D eigenvalue weighted by Crippen LogP contribution is 2.18. The maximum Gasteiger partial charge on any atom is 0.140 e. The molecule has 1 rings (SSSR count). The zero-order valence-corrected chi connectivity index (χ0v) is 12.8. The number of thiol groups is 1. The molecule has 0 aliphatic carbocycles. The summed E-state index contributed by atoms with van der Waals surface area (Å²) in [6.45, 7) is 3.69. The van der Waals surface area contributed by atoms with Gasteiger partial charge < -0.3 is 9.64 Å². The Morgan fingerprint density at radius 2 is 2.00 bits per heavy atom. The van der Waals surface area contributed by atoms with Gasteiger partial charge >= 0.3 is 0 Å². The van der Waals surface area contributed by atoms with Crippen LogP contribution in [0.5, 0.6) is 5.75 Å². The molecule has 0 unspecified atom stereocenters. The van der Waals surface area contributed by atoms with Crippen LogP contribution in [0.25, 0.3) is 0 Å². The topological polar surface area (TPSA) is 46.6 Å². The van der Waals surface area contributed by atoms with E-state index in [0.717, 1.165) is 29.8 Å². The van der Waals surface area contributed by atoms with Crippen LogP contribution >= 0.6 is 0 Å². The maximum atomic E-state index is 10.6. The van der Waals surface area contributed by atoms with Crippen molar-refractivity contribution >= 4 is 10.7 Å². The first-order valence-corrected chi connectivity index (χ1v) is 7.84. The van der Waals surface area contributed by atoms with E-state index in [-0.39, 0.29) is 5.75 Å². The Balaban J connectivity index is 2.47. The SMILES string of the molecule is Cc1cc(OCCCN(C)C)ccc1CC[SH](=O)=O. The van der Waals surface area contributed by atoms with E-state index in [4.69, 9.17) is 4.74 Å². The Morgan fingerprint density at radius 1 is 1.26 bits per heavy atom. The lowest BCUT2D eigenvalue weighted by Gasteiger charge is -2.12. The number of aryl methyl sites for hydroxylation is 2. The smallest absolute Gasteiger partial charge is 0.140 e. The predicted molar refractivity (Wildman–Crippen MR) is 78.7 cm³/mol. The number of hydrogen-bond donors (Lipinski definition) is 1. The lowest BCUT2D eigenvalue weighted by molar-refractivity contribution is 0.281. The van der Waals surface area contributed by atoms with Gasteiger partial charge in [0.15, 0.2) is 0 Å². The molecule has 0 radical (unpaired) electrons. The molecule has 0 aliphatic rings. The van der Waals surface area contributed by atoms with E-state index < -0.39 is 10.7 Å². The second kappa shape index (κ2) is 8.17. The molecule has 0 atom stereocenters. The van der Waals surface area contributed by atoms with Crippen molar-refractivity contribution < 1.29 is 13.2 Å². The van der Waals surface area contributed by atoms with E-state index in [0.29, 0.717) is 13.0 Å². The largest absolute Gasteiger partial charge is 0.494 e. The Morgan fingerprint density at radius 3 is 2.58 bits per heavy atom. The van der Waals surface area contributed by atoms with Gasteiger partial charge in [-0.1, -0.05) is 6.07 Å². The minimum absolute atomic E-state index is 0.208. The molecular weight excluding hydrogens is 262 g/mol. The maximum absolute atomic E-state index is 10.6. The van der Waals surface area contributed by atoms with Crippen molar-refractivity contribution in [3.8, 4) is 5.75 Å². The average molecular weight is 285 g/mol. The van der Waals surface area contributed by atoms with Gasteiger partial charge in [0.1, 0.15) is 16.5 Å². The summed E-state index contributed by atoms with van der Waals surface area (Å²) in [6.07, 6.45) is 1.57. The van der Waals surface area contributed by atoms with Gasteiger partial charge in [-0.05, 0) is 57.1 Å². The van der Waals surface area contributed by atoms with Gasteiger partial charge in [0.05, 0.1) is 12.4 Å². The molecule has 0 fully saturated rings. The minimum Gasteiger partial charge on any atom is -0.494 e. The van der Waals surface area contributed by atoms with Gasteiger partial charge in [0, 0.05) is 6.54 Å². The van der Waals surface area contributed by atoms with Crippen LogP contribution < -0.4 is 4.74 Å². The summed E-state index contributed by atoms with van der Waals surface area (Å²) < 4.78 is 26.8. The number of rotatable bonds is 8. The molecule has 5 heteroatoms. The first kappa shape index (κ1) is 16.0. The van der Waals surface area contributed by atoms with Crippen molar-refractivity contribution in [1.29, 1.82) is 0 Å². The van der Waals surface area contributed by atoms with Crippen LogP contribution in [0.3, 0.4) is 0 Å². The molecule has 1 aromatic rings. The zero-order chi connectivity index (χ0) is 14.3. The van der Waals surface area contributed by atoms with E-state index in [1.165, 1.54) is 0 Å². The van der Waals surface area contributed by atoms with Crippen molar-refractivity contribution in [3.05, 3.63) is 29.3 Å². The van der Waals surface area contributed by atoms with E-state index in [2.05, 4.69) is 4.90 Å². The fourth-order valence-electron chi connectivity index (χ4n) is 1.82. The summed E-state index contributed by atoms with van der Waals surface area (Å²) in [5, 5.41) is 0. The van der Waals surface area contributed by atoms with Crippen LogP contribution in [0.1, 0.15) is 17.5 Å². The lowest BCUT2D eigenvalue weighted by Crippen LogP contribution is -2.15. The normalized spacial score (nSPS) is 11.2. The molecule has 1 aromatic carbocycles. The van der Waals surface area contributed by atoms with Crippen LogP contribution in [0.15, 0.2) is 18.2 Å². The highest BCUT2D eigenvalue weighted by atomic mass is 32.2. The Kier molecular flexibility index (Phi) is 6.87. The average Bonchev–Trinajstić information content (AvgIpc) is 2.33. The lowest BCUT2D eigenvalue weighted by atomic mass is 10.1. The molecule has 0 saturated heterocycles. The molecule has 0 N–H and O–H groups in total. The van der Waals surface area contributed by atoms with Gasteiger partial charge in [0.25, 0.3) is 0 Å². The van der Waals surface area contributed by atoms with Gasteiger partial charge in [-0.25, -0.2) is 8.42 Å². The molecule has 0 amide bonds. The van der Waals surface area contributed by atoms with Crippen molar-refractivity contribution in [3.63, 3.8) is 0 Å². The van der Waals surface area contributed by atoms with Crippen molar-refractivity contribution in [2.75, 3.05) is 33.0 Å². The molecule has 4 nitrogen and oxygen atoms in total. The third-order valence-corrected chi connectivity index (χ3v) is 3.48. The van der Waals surface area contributed by atoms with Gasteiger partial charge in [-0.3, -0.25) is 0 Å². The van der Waals surface area contributed by atoms with Gasteiger partial charge in [-0.15, -0.1) is 0 Å². The zero-order valence-electron chi connectivity index (χ0n) is 11.9. The summed E-state index contributed by atoms with van der Waals surface area (Å²) in [7, 11) is 1.78. The summed E-state index contributed by atoms with van der Waals surface area (Å²) in [5.41, 5.74) is 2.15. The fourth-order valence-corrected chi connectivity index (χ4v) is 2.24. The minimum atomic E-state index is -2.30. The standard InChI is InChI=1S/C14H23NO3S/c1-12-11-14(18-9-4-8-15(2)3)6-5-13(12)7-10-19(16)17/h5-6,11,19H,4,7-10H2,1-3H3.